The summed E-state index contributed by atoms with van der Waals surface area (Å²) in [6, 6.07) is 3.50. The SMILES string of the molecule is COc1cc2cn[nH]c2cc1C=O. The van der Waals surface area contributed by atoms with E-state index in [2.05, 4.69) is 10.2 Å². The zero-order valence-electron chi connectivity index (χ0n) is 7.07. The molecule has 1 heterocycles. The van der Waals surface area contributed by atoms with E-state index in [0.29, 0.717) is 11.3 Å². The second-order valence-corrected chi connectivity index (χ2v) is 2.67. The van der Waals surface area contributed by atoms with E-state index in [9.17, 15) is 4.79 Å². The molecule has 0 spiro atoms. The Balaban J connectivity index is 2.73. The number of hydrogen-bond donors (Lipinski definition) is 1. The highest BCUT2D eigenvalue weighted by atomic mass is 16.5. The number of nitrogens with zero attached hydrogens (tertiary/aromatic N) is 1. The maximum atomic E-state index is 10.6. The number of aromatic amines is 1. The van der Waals surface area contributed by atoms with Crippen molar-refractivity contribution in [3.05, 3.63) is 23.9 Å². The molecule has 0 aliphatic rings. The molecule has 0 aliphatic heterocycles. The minimum Gasteiger partial charge on any atom is -0.496 e. The standard InChI is InChI=1S/C9H8N2O2/c1-13-9-3-6-4-10-11-8(6)2-7(9)5-12/h2-5H,1H3,(H,10,11). The molecule has 4 nitrogen and oxygen atoms in total. The average Bonchev–Trinajstić information content (AvgIpc) is 2.62. The zero-order chi connectivity index (χ0) is 9.26. The highest BCUT2D eigenvalue weighted by Crippen LogP contribution is 2.22. The Hall–Kier alpha value is -1.84. The molecule has 0 atom stereocenters. The summed E-state index contributed by atoms with van der Waals surface area (Å²) in [5.41, 5.74) is 1.36. The summed E-state index contributed by atoms with van der Waals surface area (Å²) in [6.07, 6.45) is 2.45. The molecule has 0 fully saturated rings. The van der Waals surface area contributed by atoms with Crippen molar-refractivity contribution in [3.63, 3.8) is 0 Å². The fraction of sp³-hybridized carbons (Fsp3) is 0.111. The van der Waals surface area contributed by atoms with Gasteiger partial charge in [0.05, 0.1) is 24.4 Å². The lowest BCUT2D eigenvalue weighted by Gasteiger charge is -2.02. The molecule has 1 aromatic heterocycles. The van der Waals surface area contributed by atoms with Gasteiger partial charge in [0.25, 0.3) is 0 Å². The summed E-state index contributed by atoms with van der Waals surface area (Å²) >= 11 is 0. The number of ether oxygens (including phenoxy) is 1. The first-order valence-electron chi connectivity index (χ1n) is 3.81. The van der Waals surface area contributed by atoms with E-state index in [1.165, 1.54) is 7.11 Å². The predicted molar refractivity (Wildman–Crippen MR) is 48.0 cm³/mol. The third kappa shape index (κ3) is 1.16. The Morgan fingerprint density at radius 3 is 3.08 bits per heavy atom. The van der Waals surface area contributed by atoms with E-state index in [-0.39, 0.29) is 0 Å². The Morgan fingerprint density at radius 1 is 1.54 bits per heavy atom. The molecule has 2 aromatic rings. The Labute approximate surface area is 74.5 Å². The largest absolute Gasteiger partial charge is 0.496 e. The van der Waals surface area contributed by atoms with Crippen molar-refractivity contribution >= 4 is 17.2 Å². The van der Waals surface area contributed by atoms with Crippen molar-refractivity contribution in [2.24, 2.45) is 0 Å². The Morgan fingerprint density at radius 2 is 2.38 bits per heavy atom. The topological polar surface area (TPSA) is 55.0 Å². The van der Waals surface area contributed by atoms with Crippen LogP contribution in [0.3, 0.4) is 0 Å². The number of benzene rings is 1. The van der Waals surface area contributed by atoms with Crippen LogP contribution in [0.25, 0.3) is 10.9 Å². The first-order valence-corrected chi connectivity index (χ1v) is 3.81. The van der Waals surface area contributed by atoms with Gasteiger partial charge in [0.15, 0.2) is 6.29 Å². The van der Waals surface area contributed by atoms with Crippen LogP contribution in [0.15, 0.2) is 18.3 Å². The van der Waals surface area contributed by atoms with Crippen LogP contribution >= 0.6 is 0 Å². The van der Waals surface area contributed by atoms with Crippen LogP contribution in [0.4, 0.5) is 0 Å². The van der Waals surface area contributed by atoms with Crippen LogP contribution in [-0.4, -0.2) is 23.6 Å². The molecular weight excluding hydrogens is 168 g/mol. The normalized spacial score (nSPS) is 10.2. The van der Waals surface area contributed by atoms with Crippen molar-refractivity contribution in [2.45, 2.75) is 0 Å². The molecule has 4 heteroatoms. The summed E-state index contributed by atoms with van der Waals surface area (Å²) < 4.78 is 5.04. The molecule has 0 saturated carbocycles. The molecule has 0 aliphatic carbocycles. The molecule has 66 valence electrons. The Bertz CT molecular complexity index is 448. The van der Waals surface area contributed by atoms with E-state index in [4.69, 9.17) is 4.74 Å². The van der Waals surface area contributed by atoms with Gasteiger partial charge in [0.1, 0.15) is 5.75 Å². The number of rotatable bonds is 2. The fourth-order valence-electron chi connectivity index (χ4n) is 1.26. The van der Waals surface area contributed by atoms with Gasteiger partial charge in [0, 0.05) is 5.39 Å². The number of carbonyl (C=O) groups is 1. The van der Waals surface area contributed by atoms with E-state index in [1.54, 1.807) is 18.3 Å². The van der Waals surface area contributed by atoms with Crippen molar-refractivity contribution in [1.82, 2.24) is 10.2 Å². The molecule has 2 rings (SSSR count). The lowest BCUT2D eigenvalue weighted by Crippen LogP contribution is -1.89. The number of methoxy groups -OCH3 is 1. The molecule has 0 saturated heterocycles. The van der Waals surface area contributed by atoms with Gasteiger partial charge in [-0.2, -0.15) is 5.10 Å². The molecular formula is C9H8N2O2. The number of fused-ring (bicyclic) bond motifs is 1. The fourth-order valence-corrected chi connectivity index (χ4v) is 1.26. The van der Waals surface area contributed by atoms with Gasteiger partial charge in [0.2, 0.25) is 0 Å². The third-order valence-electron chi connectivity index (χ3n) is 1.92. The van der Waals surface area contributed by atoms with Crippen molar-refractivity contribution < 1.29 is 9.53 Å². The van der Waals surface area contributed by atoms with Gasteiger partial charge in [-0.15, -0.1) is 0 Å². The minimum atomic E-state index is 0.527. The molecule has 13 heavy (non-hydrogen) atoms. The van der Waals surface area contributed by atoms with Crippen LogP contribution in [0.2, 0.25) is 0 Å². The first kappa shape index (κ1) is 7.79. The van der Waals surface area contributed by atoms with Crippen LogP contribution in [0, 0.1) is 0 Å². The van der Waals surface area contributed by atoms with Crippen LogP contribution in [0.5, 0.6) is 5.75 Å². The summed E-state index contributed by atoms with van der Waals surface area (Å²) in [6.45, 7) is 0. The maximum Gasteiger partial charge on any atom is 0.153 e. The monoisotopic (exact) mass is 176 g/mol. The average molecular weight is 176 g/mol. The summed E-state index contributed by atoms with van der Waals surface area (Å²) in [5.74, 6) is 0.573. The van der Waals surface area contributed by atoms with Crippen molar-refractivity contribution in [2.75, 3.05) is 7.11 Å². The quantitative estimate of drug-likeness (QED) is 0.703. The van der Waals surface area contributed by atoms with Crippen molar-refractivity contribution in [3.8, 4) is 5.75 Å². The van der Waals surface area contributed by atoms with Gasteiger partial charge in [-0.05, 0) is 12.1 Å². The molecule has 0 unspecified atom stereocenters. The number of nitrogens with one attached hydrogen (secondary N) is 1. The highest BCUT2D eigenvalue weighted by Gasteiger charge is 2.04. The van der Waals surface area contributed by atoms with E-state index in [1.807, 2.05) is 0 Å². The number of aldehydes is 1. The number of hydrogen-bond acceptors (Lipinski definition) is 3. The molecule has 1 N–H and O–H groups in total. The number of aromatic nitrogens is 2. The van der Waals surface area contributed by atoms with Crippen LogP contribution in [0.1, 0.15) is 10.4 Å². The van der Waals surface area contributed by atoms with Gasteiger partial charge < -0.3 is 4.74 Å². The number of carbonyl (C=O) groups excluding carboxylic acids is 1. The van der Waals surface area contributed by atoms with Gasteiger partial charge >= 0.3 is 0 Å². The summed E-state index contributed by atoms with van der Waals surface area (Å²) in [7, 11) is 1.54. The molecule has 0 amide bonds. The lowest BCUT2D eigenvalue weighted by atomic mass is 10.1. The first-order chi connectivity index (χ1) is 6.35. The predicted octanol–water partition coefficient (Wildman–Crippen LogP) is 1.38. The van der Waals surface area contributed by atoms with Crippen LogP contribution in [-0.2, 0) is 0 Å². The highest BCUT2D eigenvalue weighted by molar-refractivity contribution is 5.89. The second-order valence-electron chi connectivity index (χ2n) is 2.67. The van der Waals surface area contributed by atoms with E-state index in [0.717, 1.165) is 17.2 Å². The zero-order valence-corrected chi connectivity index (χ0v) is 7.07. The van der Waals surface area contributed by atoms with Crippen LogP contribution < -0.4 is 4.74 Å². The Kier molecular flexibility index (Phi) is 1.73. The lowest BCUT2D eigenvalue weighted by molar-refractivity contribution is 0.112. The van der Waals surface area contributed by atoms with Gasteiger partial charge in [-0.3, -0.25) is 9.89 Å². The molecule has 0 radical (unpaired) electrons. The smallest absolute Gasteiger partial charge is 0.153 e. The van der Waals surface area contributed by atoms with Crippen molar-refractivity contribution in [1.29, 1.82) is 0 Å². The summed E-state index contributed by atoms with van der Waals surface area (Å²) in [4.78, 5) is 10.6. The van der Waals surface area contributed by atoms with Gasteiger partial charge in [-0.1, -0.05) is 0 Å². The minimum absolute atomic E-state index is 0.527. The van der Waals surface area contributed by atoms with E-state index >= 15 is 0 Å². The van der Waals surface area contributed by atoms with E-state index < -0.39 is 0 Å². The summed E-state index contributed by atoms with van der Waals surface area (Å²) in [5, 5.41) is 7.57. The number of H-pyrrole nitrogens is 1. The third-order valence-corrected chi connectivity index (χ3v) is 1.92. The van der Waals surface area contributed by atoms with Gasteiger partial charge in [-0.25, -0.2) is 0 Å². The second kappa shape index (κ2) is 2.90. The molecule has 1 aromatic carbocycles. The molecule has 0 bridgehead atoms. The maximum absolute atomic E-state index is 10.6.